The van der Waals surface area contributed by atoms with Gasteiger partial charge < -0.3 is 5.73 Å². The maximum atomic E-state index is 13.5. The third-order valence-electron chi connectivity index (χ3n) is 2.46. The van der Waals surface area contributed by atoms with Crippen LogP contribution in [-0.4, -0.2) is 0 Å². The van der Waals surface area contributed by atoms with E-state index in [0.717, 1.165) is 5.56 Å². The van der Waals surface area contributed by atoms with E-state index in [1.165, 1.54) is 6.07 Å². The van der Waals surface area contributed by atoms with Crippen LogP contribution in [0.15, 0.2) is 35.0 Å². The Morgan fingerprint density at radius 3 is 2.81 bits per heavy atom. The van der Waals surface area contributed by atoms with E-state index >= 15 is 0 Å². The van der Waals surface area contributed by atoms with Crippen molar-refractivity contribution < 1.29 is 4.39 Å². The van der Waals surface area contributed by atoms with Gasteiger partial charge in [0.25, 0.3) is 0 Å². The Kier molecular flexibility index (Phi) is 3.59. The summed E-state index contributed by atoms with van der Waals surface area (Å²) in [5, 5.41) is 4.36. The van der Waals surface area contributed by atoms with Crippen molar-refractivity contribution >= 4 is 22.9 Å². The molecule has 0 saturated heterocycles. The van der Waals surface area contributed by atoms with Crippen molar-refractivity contribution in [1.82, 2.24) is 0 Å². The molecule has 0 aliphatic rings. The lowest BCUT2D eigenvalue weighted by Crippen LogP contribution is -2.13. The topological polar surface area (TPSA) is 26.0 Å². The Bertz CT molecular complexity index is 450. The van der Waals surface area contributed by atoms with Gasteiger partial charge in [-0.15, -0.1) is 0 Å². The molecule has 2 aromatic rings. The summed E-state index contributed by atoms with van der Waals surface area (Å²) in [6.07, 6.45) is 0.419. The van der Waals surface area contributed by atoms with Crippen LogP contribution < -0.4 is 5.73 Å². The molecule has 2 rings (SSSR count). The lowest BCUT2D eigenvalue weighted by atomic mass is 10.0. The summed E-state index contributed by atoms with van der Waals surface area (Å²) in [6, 6.07) is 6.42. The van der Waals surface area contributed by atoms with Crippen molar-refractivity contribution in [1.29, 1.82) is 0 Å². The summed E-state index contributed by atoms with van der Waals surface area (Å²) in [5.74, 6) is -0.293. The Balaban J connectivity index is 2.21. The summed E-state index contributed by atoms with van der Waals surface area (Å²) >= 11 is 7.52. The Hall–Kier alpha value is -0.900. The number of nitrogens with two attached hydrogens (primary N) is 1. The lowest BCUT2D eigenvalue weighted by Gasteiger charge is -2.12. The van der Waals surface area contributed by atoms with E-state index in [1.807, 2.05) is 16.8 Å². The zero-order valence-corrected chi connectivity index (χ0v) is 10.1. The first-order chi connectivity index (χ1) is 7.68. The molecule has 1 heterocycles. The zero-order chi connectivity index (χ0) is 11.5. The van der Waals surface area contributed by atoms with Crippen molar-refractivity contribution in [3.05, 3.63) is 57.0 Å². The van der Waals surface area contributed by atoms with Crippen LogP contribution in [0.1, 0.15) is 17.2 Å². The second kappa shape index (κ2) is 4.95. The fraction of sp³-hybridized carbons (Fsp3) is 0.167. The highest BCUT2D eigenvalue weighted by molar-refractivity contribution is 7.07. The largest absolute Gasteiger partial charge is 0.324 e. The number of thiophene rings is 1. The molecule has 0 aliphatic carbocycles. The first-order valence-corrected chi connectivity index (χ1v) is 6.21. The van der Waals surface area contributed by atoms with Crippen LogP contribution in [0.4, 0.5) is 4.39 Å². The van der Waals surface area contributed by atoms with Gasteiger partial charge in [-0.2, -0.15) is 11.3 Å². The lowest BCUT2D eigenvalue weighted by molar-refractivity contribution is 0.594. The molecule has 0 aliphatic heterocycles. The highest BCUT2D eigenvalue weighted by atomic mass is 35.5. The molecule has 0 radical (unpaired) electrons. The van der Waals surface area contributed by atoms with E-state index in [4.69, 9.17) is 17.3 Å². The summed E-state index contributed by atoms with van der Waals surface area (Å²) in [6.45, 7) is 0. The normalized spacial score (nSPS) is 12.7. The number of rotatable bonds is 3. The van der Waals surface area contributed by atoms with Crippen LogP contribution >= 0.6 is 22.9 Å². The van der Waals surface area contributed by atoms with Gasteiger partial charge in [0.15, 0.2) is 0 Å². The van der Waals surface area contributed by atoms with Gasteiger partial charge in [-0.3, -0.25) is 0 Å². The van der Waals surface area contributed by atoms with Crippen LogP contribution in [0.2, 0.25) is 5.02 Å². The molecule has 2 N–H and O–H groups in total. The van der Waals surface area contributed by atoms with Crippen molar-refractivity contribution in [3.8, 4) is 0 Å². The molecule has 0 bridgehead atoms. The van der Waals surface area contributed by atoms with Crippen LogP contribution in [0.5, 0.6) is 0 Å². The number of hydrogen-bond acceptors (Lipinski definition) is 2. The van der Waals surface area contributed by atoms with Gasteiger partial charge in [0, 0.05) is 16.6 Å². The minimum absolute atomic E-state index is 0.208. The van der Waals surface area contributed by atoms with Crippen molar-refractivity contribution in [2.45, 2.75) is 12.5 Å². The molecular weight excluding hydrogens is 245 g/mol. The minimum atomic E-state index is -0.293. The molecule has 1 nitrogen and oxygen atoms in total. The smallest absolute Gasteiger partial charge is 0.127 e. The van der Waals surface area contributed by atoms with Gasteiger partial charge >= 0.3 is 0 Å². The van der Waals surface area contributed by atoms with Gasteiger partial charge in [-0.1, -0.05) is 17.7 Å². The quantitative estimate of drug-likeness (QED) is 0.887. The Morgan fingerprint density at radius 2 is 2.19 bits per heavy atom. The highest BCUT2D eigenvalue weighted by Gasteiger charge is 2.13. The van der Waals surface area contributed by atoms with Gasteiger partial charge in [-0.05, 0) is 40.9 Å². The minimum Gasteiger partial charge on any atom is -0.324 e. The molecule has 1 unspecified atom stereocenters. The summed E-state index contributed by atoms with van der Waals surface area (Å²) in [7, 11) is 0. The fourth-order valence-electron chi connectivity index (χ4n) is 1.55. The Morgan fingerprint density at radius 1 is 1.38 bits per heavy atom. The zero-order valence-electron chi connectivity index (χ0n) is 8.49. The first kappa shape index (κ1) is 11.6. The molecule has 0 saturated carbocycles. The second-order valence-electron chi connectivity index (χ2n) is 3.57. The van der Waals surface area contributed by atoms with E-state index < -0.39 is 0 Å². The fourth-order valence-corrected chi connectivity index (χ4v) is 2.52. The Labute approximate surface area is 103 Å². The van der Waals surface area contributed by atoms with E-state index in [2.05, 4.69) is 0 Å². The molecule has 4 heteroatoms. The third-order valence-corrected chi connectivity index (χ3v) is 3.51. The third kappa shape index (κ3) is 2.43. The monoisotopic (exact) mass is 255 g/mol. The van der Waals surface area contributed by atoms with Crippen LogP contribution in [0.3, 0.4) is 0 Å². The summed E-state index contributed by atoms with van der Waals surface area (Å²) < 4.78 is 13.5. The first-order valence-electron chi connectivity index (χ1n) is 4.89. The standard InChI is InChI=1S/C12H11ClFNS/c13-10-2-1-3-11(14)9(10)6-12(15)8-4-5-16-7-8/h1-5,7,12H,6,15H2. The molecule has 1 atom stereocenters. The molecule has 1 aromatic carbocycles. The predicted octanol–water partition coefficient (Wildman–Crippen LogP) is 3.78. The maximum Gasteiger partial charge on any atom is 0.127 e. The van der Waals surface area contributed by atoms with Crippen molar-refractivity contribution in [3.63, 3.8) is 0 Å². The van der Waals surface area contributed by atoms with Crippen LogP contribution in [-0.2, 0) is 6.42 Å². The predicted molar refractivity (Wildman–Crippen MR) is 66.4 cm³/mol. The summed E-state index contributed by atoms with van der Waals surface area (Å²) in [5.41, 5.74) is 7.50. The molecule has 0 fully saturated rings. The highest BCUT2D eigenvalue weighted by Crippen LogP contribution is 2.25. The van der Waals surface area contributed by atoms with Gasteiger partial charge in [-0.25, -0.2) is 4.39 Å². The van der Waals surface area contributed by atoms with E-state index in [1.54, 1.807) is 23.5 Å². The maximum absolute atomic E-state index is 13.5. The van der Waals surface area contributed by atoms with Crippen LogP contribution in [0, 0.1) is 5.82 Å². The molecule has 84 valence electrons. The number of hydrogen-bond donors (Lipinski definition) is 1. The second-order valence-corrected chi connectivity index (χ2v) is 4.75. The molecule has 1 aromatic heterocycles. The van der Waals surface area contributed by atoms with E-state index in [0.29, 0.717) is 17.0 Å². The SMILES string of the molecule is NC(Cc1c(F)cccc1Cl)c1ccsc1. The van der Waals surface area contributed by atoms with Gasteiger partial charge in [0.2, 0.25) is 0 Å². The average molecular weight is 256 g/mol. The average Bonchev–Trinajstić information content (AvgIpc) is 2.76. The molecule has 0 spiro atoms. The molecule has 0 amide bonds. The molecule has 16 heavy (non-hydrogen) atoms. The van der Waals surface area contributed by atoms with Gasteiger partial charge in [0.05, 0.1) is 0 Å². The number of halogens is 2. The van der Waals surface area contributed by atoms with E-state index in [-0.39, 0.29) is 11.9 Å². The van der Waals surface area contributed by atoms with E-state index in [9.17, 15) is 4.39 Å². The van der Waals surface area contributed by atoms with Crippen molar-refractivity contribution in [2.75, 3.05) is 0 Å². The van der Waals surface area contributed by atoms with Crippen LogP contribution in [0.25, 0.3) is 0 Å². The summed E-state index contributed by atoms with van der Waals surface area (Å²) in [4.78, 5) is 0. The number of benzene rings is 1. The molecular formula is C12H11ClFNS. The van der Waals surface area contributed by atoms with Crippen molar-refractivity contribution in [2.24, 2.45) is 5.73 Å². The van der Waals surface area contributed by atoms with Gasteiger partial charge in [0.1, 0.15) is 5.82 Å².